The molecule has 0 saturated heterocycles. The highest BCUT2D eigenvalue weighted by Crippen LogP contribution is 2.27. The van der Waals surface area contributed by atoms with Crippen molar-refractivity contribution in [2.75, 3.05) is 0 Å². The van der Waals surface area contributed by atoms with Crippen LogP contribution in [0.15, 0.2) is 42.5 Å². The van der Waals surface area contributed by atoms with Gasteiger partial charge in [-0.1, -0.05) is 46.3 Å². The molecule has 0 radical (unpaired) electrons. The fourth-order valence-corrected chi connectivity index (χ4v) is 2.11. The number of phenolic OH excluding ortho intramolecular Hbond substituents is 2. The molecular weight excluding hydrogens is 322 g/mol. The second-order valence-electron chi connectivity index (χ2n) is 4.31. The highest BCUT2D eigenvalue weighted by Gasteiger charge is 2.13. The predicted octanol–water partition coefficient (Wildman–Crippen LogP) is 2.92. The lowest BCUT2D eigenvalue weighted by Crippen LogP contribution is -2.22. The van der Waals surface area contributed by atoms with Gasteiger partial charge in [-0.25, -0.2) is 0 Å². The maximum atomic E-state index is 11.9. The highest BCUT2D eigenvalue weighted by atomic mass is 79.9. The Morgan fingerprint density at radius 3 is 2.35 bits per heavy atom. The molecule has 0 heterocycles. The molecule has 0 unspecified atom stereocenters. The average Bonchev–Trinajstić information content (AvgIpc) is 2.48. The Bertz CT molecular complexity index is 611. The van der Waals surface area contributed by atoms with Gasteiger partial charge in [0.25, 0.3) is 5.91 Å². The molecule has 0 atom stereocenters. The van der Waals surface area contributed by atoms with Gasteiger partial charge in [0.15, 0.2) is 11.5 Å². The topological polar surface area (TPSA) is 69.6 Å². The Kier molecular flexibility index (Phi) is 4.63. The van der Waals surface area contributed by atoms with Crippen molar-refractivity contribution in [1.29, 1.82) is 0 Å². The van der Waals surface area contributed by atoms with E-state index in [1.807, 2.05) is 24.3 Å². The minimum atomic E-state index is -0.428. The van der Waals surface area contributed by atoms with Crippen molar-refractivity contribution in [3.05, 3.63) is 59.2 Å². The van der Waals surface area contributed by atoms with E-state index in [1.165, 1.54) is 18.2 Å². The van der Waals surface area contributed by atoms with Gasteiger partial charge in [-0.15, -0.1) is 0 Å². The van der Waals surface area contributed by atoms with Crippen molar-refractivity contribution in [1.82, 2.24) is 5.32 Å². The molecule has 2 aromatic rings. The van der Waals surface area contributed by atoms with Crippen LogP contribution in [0.2, 0.25) is 0 Å². The standard InChI is InChI=1S/C15H14BrNO3/c16-8-10-4-6-11(7-5-10)9-17-15(20)12-2-1-3-13(18)14(12)19/h1-7,18-19H,8-9H2,(H,17,20). The first-order chi connectivity index (χ1) is 9.61. The van der Waals surface area contributed by atoms with Crippen LogP contribution in [-0.4, -0.2) is 16.1 Å². The van der Waals surface area contributed by atoms with Crippen LogP contribution in [0.25, 0.3) is 0 Å². The number of amides is 1. The fraction of sp³-hybridized carbons (Fsp3) is 0.133. The molecule has 0 fully saturated rings. The van der Waals surface area contributed by atoms with E-state index in [2.05, 4.69) is 21.2 Å². The zero-order chi connectivity index (χ0) is 14.5. The van der Waals surface area contributed by atoms with Crippen molar-refractivity contribution in [2.24, 2.45) is 0 Å². The molecule has 5 heteroatoms. The highest BCUT2D eigenvalue weighted by molar-refractivity contribution is 9.08. The van der Waals surface area contributed by atoms with E-state index in [-0.39, 0.29) is 11.3 Å². The van der Waals surface area contributed by atoms with Crippen LogP contribution in [0, 0.1) is 0 Å². The van der Waals surface area contributed by atoms with Gasteiger partial charge in [0.1, 0.15) is 0 Å². The molecule has 0 aliphatic carbocycles. The largest absolute Gasteiger partial charge is 0.504 e. The van der Waals surface area contributed by atoms with Crippen LogP contribution in [0.3, 0.4) is 0 Å². The number of para-hydroxylation sites is 1. The monoisotopic (exact) mass is 335 g/mol. The molecule has 2 rings (SSSR count). The van der Waals surface area contributed by atoms with Crippen LogP contribution in [0.4, 0.5) is 0 Å². The number of aromatic hydroxyl groups is 2. The molecular formula is C15H14BrNO3. The first kappa shape index (κ1) is 14.4. The van der Waals surface area contributed by atoms with Gasteiger partial charge < -0.3 is 15.5 Å². The number of hydrogen-bond donors (Lipinski definition) is 3. The smallest absolute Gasteiger partial charge is 0.255 e. The van der Waals surface area contributed by atoms with E-state index in [0.717, 1.165) is 16.5 Å². The van der Waals surface area contributed by atoms with Gasteiger partial charge in [-0.05, 0) is 23.3 Å². The summed E-state index contributed by atoms with van der Waals surface area (Å²) in [6.45, 7) is 0.358. The molecule has 0 aliphatic heterocycles. The molecule has 2 aromatic carbocycles. The van der Waals surface area contributed by atoms with Crippen LogP contribution < -0.4 is 5.32 Å². The van der Waals surface area contributed by atoms with Gasteiger partial charge in [0, 0.05) is 11.9 Å². The number of nitrogens with one attached hydrogen (secondary N) is 1. The molecule has 0 aromatic heterocycles. The number of halogens is 1. The van der Waals surface area contributed by atoms with Crippen molar-refractivity contribution >= 4 is 21.8 Å². The third-order valence-electron chi connectivity index (χ3n) is 2.89. The maximum Gasteiger partial charge on any atom is 0.255 e. The molecule has 104 valence electrons. The molecule has 3 N–H and O–H groups in total. The average molecular weight is 336 g/mol. The number of carbonyl (C=O) groups is 1. The summed E-state index contributed by atoms with van der Waals surface area (Å²) in [6, 6.07) is 12.1. The zero-order valence-corrected chi connectivity index (χ0v) is 12.2. The molecule has 1 amide bonds. The van der Waals surface area contributed by atoms with Crippen LogP contribution in [0.5, 0.6) is 11.5 Å². The summed E-state index contributed by atoms with van der Waals surface area (Å²) in [5, 5.41) is 22.5. The Hall–Kier alpha value is -2.01. The van der Waals surface area contributed by atoms with Crippen molar-refractivity contribution in [2.45, 2.75) is 11.9 Å². The second-order valence-corrected chi connectivity index (χ2v) is 4.87. The third kappa shape index (κ3) is 3.30. The second kappa shape index (κ2) is 6.43. The SMILES string of the molecule is O=C(NCc1ccc(CBr)cc1)c1cccc(O)c1O. The molecule has 0 aliphatic rings. The lowest BCUT2D eigenvalue weighted by molar-refractivity contribution is 0.0947. The molecule has 20 heavy (non-hydrogen) atoms. The lowest BCUT2D eigenvalue weighted by atomic mass is 10.1. The number of alkyl halides is 1. The molecule has 0 saturated carbocycles. The van der Waals surface area contributed by atoms with E-state index < -0.39 is 11.7 Å². The zero-order valence-electron chi connectivity index (χ0n) is 10.6. The van der Waals surface area contributed by atoms with Crippen LogP contribution in [0.1, 0.15) is 21.5 Å². The van der Waals surface area contributed by atoms with E-state index in [0.29, 0.717) is 6.54 Å². The van der Waals surface area contributed by atoms with Gasteiger partial charge in [0.2, 0.25) is 0 Å². The Morgan fingerprint density at radius 2 is 1.70 bits per heavy atom. The number of benzene rings is 2. The molecule has 4 nitrogen and oxygen atoms in total. The number of carbonyl (C=O) groups excluding carboxylic acids is 1. The number of hydrogen-bond acceptors (Lipinski definition) is 3. The van der Waals surface area contributed by atoms with Crippen LogP contribution in [-0.2, 0) is 11.9 Å². The van der Waals surface area contributed by atoms with E-state index in [1.54, 1.807) is 0 Å². The maximum absolute atomic E-state index is 11.9. The van der Waals surface area contributed by atoms with E-state index in [4.69, 9.17) is 0 Å². The van der Waals surface area contributed by atoms with E-state index >= 15 is 0 Å². The van der Waals surface area contributed by atoms with Gasteiger partial charge in [-0.3, -0.25) is 4.79 Å². The lowest BCUT2D eigenvalue weighted by Gasteiger charge is -2.08. The Morgan fingerprint density at radius 1 is 1.05 bits per heavy atom. The van der Waals surface area contributed by atoms with Crippen molar-refractivity contribution in [3.8, 4) is 11.5 Å². The fourth-order valence-electron chi connectivity index (χ4n) is 1.74. The summed E-state index contributed by atoms with van der Waals surface area (Å²) in [6.07, 6.45) is 0. The van der Waals surface area contributed by atoms with Gasteiger partial charge in [0.05, 0.1) is 5.56 Å². The summed E-state index contributed by atoms with van der Waals surface area (Å²) in [5.74, 6) is -1.14. The third-order valence-corrected chi connectivity index (χ3v) is 3.54. The summed E-state index contributed by atoms with van der Waals surface area (Å²) >= 11 is 3.37. The summed E-state index contributed by atoms with van der Waals surface area (Å²) in [4.78, 5) is 11.9. The minimum Gasteiger partial charge on any atom is -0.504 e. The summed E-state index contributed by atoms with van der Waals surface area (Å²) < 4.78 is 0. The van der Waals surface area contributed by atoms with Crippen molar-refractivity contribution in [3.63, 3.8) is 0 Å². The van der Waals surface area contributed by atoms with Gasteiger partial charge >= 0.3 is 0 Å². The number of rotatable bonds is 4. The minimum absolute atomic E-state index is 0.0575. The first-order valence-corrected chi connectivity index (χ1v) is 7.17. The molecule has 0 spiro atoms. The normalized spacial score (nSPS) is 10.2. The Balaban J connectivity index is 2.02. The Labute approximate surface area is 125 Å². The first-order valence-electron chi connectivity index (χ1n) is 6.04. The molecule has 0 bridgehead atoms. The van der Waals surface area contributed by atoms with Crippen LogP contribution >= 0.6 is 15.9 Å². The van der Waals surface area contributed by atoms with Gasteiger partial charge in [-0.2, -0.15) is 0 Å². The van der Waals surface area contributed by atoms with Crippen molar-refractivity contribution < 1.29 is 15.0 Å². The summed E-state index contributed by atoms with van der Waals surface area (Å²) in [7, 11) is 0. The number of phenols is 2. The van der Waals surface area contributed by atoms with E-state index in [9.17, 15) is 15.0 Å². The predicted molar refractivity (Wildman–Crippen MR) is 80.0 cm³/mol. The quantitative estimate of drug-likeness (QED) is 0.594. The summed E-state index contributed by atoms with van der Waals surface area (Å²) in [5.41, 5.74) is 2.18.